The molecule has 0 bridgehead atoms. The van der Waals surface area contributed by atoms with Gasteiger partial charge in [0.05, 0.1) is 11.0 Å². The van der Waals surface area contributed by atoms with Crippen LogP contribution >= 0.6 is 0 Å². The van der Waals surface area contributed by atoms with E-state index < -0.39 is 18.1 Å². The van der Waals surface area contributed by atoms with Gasteiger partial charge >= 0.3 is 6.18 Å². The van der Waals surface area contributed by atoms with Crippen molar-refractivity contribution in [2.75, 3.05) is 32.8 Å². The molecular weight excluding hydrogens is 441 g/mol. The predicted molar refractivity (Wildman–Crippen MR) is 110 cm³/mol. The van der Waals surface area contributed by atoms with Crippen molar-refractivity contribution >= 4 is 22.8 Å². The Morgan fingerprint density at radius 3 is 2.42 bits per heavy atom. The minimum Gasteiger partial charge on any atom is -0.485 e. The Bertz CT molecular complexity index is 1220. The molecule has 172 valence electrons. The molecule has 0 radical (unpaired) electrons. The van der Waals surface area contributed by atoms with Crippen LogP contribution in [0.15, 0.2) is 42.5 Å². The molecule has 5 rings (SSSR count). The highest BCUT2D eigenvalue weighted by Crippen LogP contribution is 2.31. The number of piperazine rings is 1. The van der Waals surface area contributed by atoms with Crippen LogP contribution in [0.5, 0.6) is 11.5 Å². The van der Waals surface area contributed by atoms with E-state index in [1.807, 2.05) is 6.07 Å². The number of ether oxygens (including phenoxy) is 2. The summed E-state index contributed by atoms with van der Waals surface area (Å²) in [5.41, 5.74) is 0.516. The van der Waals surface area contributed by atoms with Gasteiger partial charge in [-0.3, -0.25) is 9.59 Å². The average Bonchev–Trinajstić information content (AvgIpc) is 3.27. The molecule has 3 aromatic rings. The van der Waals surface area contributed by atoms with E-state index in [0.29, 0.717) is 37.7 Å². The summed E-state index contributed by atoms with van der Waals surface area (Å²) >= 11 is 0. The van der Waals surface area contributed by atoms with Crippen molar-refractivity contribution < 1.29 is 32.2 Å². The molecule has 11 heteroatoms. The van der Waals surface area contributed by atoms with Gasteiger partial charge in [-0.2, -0.15) is 13.2 Å². The van der Waals surface area contributed by atoms with E-state index in [-0.39, 0.29) is 35.0 Å². The summed E-state index contributed by atoms with van der Waals surface area (Å²) in [7, 11) is 0. The number of aromatic nitrogens is 2. The first kappa shape index (κ1) is 21.1. The Morgan fingerprint density at radius 1 is 1.00 bits per heavy atom. The summed E-state index contributed by atoms with van der Waals surface area (Å²) in [4.78, 5) is 34.7. The van der Waals surface area contributed by atoms with Crippen molar-refractivity contribution in [3.63, 3.8) is 0 Å². The number of aromatic amines is 1. The number of rotatable bonds is 2. The van der Waals surface area contributed by atoms with Gasteiger partial charge in [-0.1, -0.05) is 12.1 Å². The molecule has 1 atom stereocenters. The summed E-state index contributed by atoms with van der Waals surface area (Å²) in [5.74, 6) is -0.536. The van der Waals surface area contributed by atoms with Crippen molar-refractivity contribution in [3.8, 4) is 11.5 Å². The van der Waals surface area contributed by atoms with Crippen LogP contribution in [-0.4, -0.2) is 70.5 Å². The highest BCUT2D eigenvalue weighted by atomic mass is 19.4. The lowest BCUT2D eigenvalue weighted by Gasteiger charge is -2.37. The van der Waals surface area contributed by atoms with E-state index in [1.54, 1.807) is 28.0 Å². The van der Waals surface area contributed by atoms with Crippen molar-refractivity contribution in [2.45, 2.75) is 12.3 Å². The van der Waals surface area contributed by atoms with Crippen LogP contribution in [0.1, 0.15) is 16.2 Å². The van der Waals surface area contributed by atoms with Gasteiger partial charge in [0.25, 0.3) is 11.8 Å². The molecule has 0 spiro atoms. The van der Waals surface area contributed by atoms with E-state index in [2.05, 4.69) is 9.97 Å². The molecule has 0 unspecified atom stereocenters. The highest BCUT2D eigenvalue weighted by molar-refractivity contribution is 5.97. The van der Waals surface area contributed by atoms with Crippen molar-refractivity contribution in [1.82, 2.24) is 19.8 Å². The van der Waals surface area contributed by atoms with Gasteiger partial charge in [-0.15, -0.1) is 0 Å². The fourth-order valence-corrected chi connectivity index (χ4v) is 3.93. The summed E-state index contributed by atoms with van der Waals surface area (Å²) in [6.45, 7) is 1.33. The maximum Gasteiger partial charge on any atom is 0.449 e. The molecule has 0 aliphatic carbocycles. The van der Waals surface area contributed by atoms with E-state index in [1.165, 1.54) is 18.2 Å². The van der Waals surface area contributed by atoms with Gasteiger partial charge in [-0.25, -0.2) is 4.98 Å². The second kappa shape index (κ2) is 7.98. The Hall–Kier alpha value is -3.76. The number of fused-ring (bicyclic) bond motifs is 2. The highest BCUT2D eigenvalue weighted by Gasteiger charge is 2.35. The molecule has 33 heavy (non-hydrogen) atoms. The number of amides is 2. The molecular formula is C22H19F3N4O4. The average molecular weight is 460 g/mol. The van der Waals surface area contributed by atoms with Crippen molar-refractivity contribution in [1.29, 1.82) is 0 Å². The van der Waals surface area contributed by atoms with Gasteiger partial charge in [0.15, 0.2) is 11.5 Å². The number of hydrogen-bond donors (Lipinski definition) is 1. The molecule has 2 amide bonds. The molecule has 8 nitrogen and oxygen atoms in total. The van der Waals surface area contributed by atoms with Crippen LogP contribution in [0.4, 0.5) is 13.2 Å². The van der Waals surface area contributed by atoms with Crippen LogP contribution in [0.2, 0.25) is 0 Å². The standard InChI is InChI=1S/C22H19F3N4O4/c23-22(24,25)21-26-14-6-5-13(11-15(14)27-21)19(30)28-7-9-29(10-8-28)20(31)18-12-32-16-3-1-2-4-17(16)33-18/h1-6,11,18H,7-10,12H2,(H,26,27)/t18-/m0/s1. The predicted octanol–water partition coefficient (Wildman–Crippen LogP) is 2.71. The summed E-state index contributed by atoms with van der Waals surface area (Å²) in [5, 5.41) is 0. The number of H-pyrrole nitrogens is 1. The lowest BCUT2D eigenvalue weighted by atomic mass is 10.1. The molecule has 2 aromatic carbocycles. The molecule has 1 N–H and O–H groups in total. The zero-order chi connectivity index (χ0) is 23.2. The fraction of sp³-hybridized carbons (Fsp3) is 0.318. The first-order valence-corrected chi connectivity index (χ1v) is 10.3. The molecule has 1 saturated heterocycles. The fourth-order valence-electron chi connectivity index (χ4n) is 3.93. The number of carbonyl (C=O) groups excluding carboxylic acids is 2. The Balaban J connectivity index is 1.22. The topological polar surface area (TPSA) is 87.8 Å². The van der Waals surface area contributed by atoms with Gasteiger partial charge in [0.1, 0.15) is 6.61 Å². The van der Waals surface area contributed by atoms with Crippen LogP contribution in [0, 0.1) is 0 Å². The van der Waals surface area contributed by atoms with Crippen LogP contribution in [0.25, 0.3) is 11.0 Å². The summed E-state index contributed by atoms with van der Waals surface area (Å²) in [6.07, 6.45) is -5.35. The number of hydrogen-bond acceptors (Lipinski definition) is 5. The van der Waals surface area contributed by atoms with Crippen LogP contribution < -0.4 is 9.47 Å². The molecule has 2 aliphatic heterocycles. The Labute approximate surface area is 185 Å². The third kappa shape index (κ3) is 4.06. The van der Waals surface area contributed by atoms with E-state index >= 15 is 0 Å². The smallest absolute Gasteiger partial charge is 0.449 e. The number of imidazole rings is 1. The van der Waals surface area contributed by atoms with E-state index in [4.69, 9.17) is 9.47 Å². The maximum absolute atomic E-state index is 12.9. The first-order valence-electron chi connectivity index (χ1n) is 10.3. The number of para-hydroxylation sites is 2. The largest absolute Gasteiger partial charge is 0.485 e. The van der Waals surface area contributed by atoms with Crippen molar-refractivity contribution in [2.24, 2.45) is 0 Å². The van der Waals surface area contributed by atoms with Gasteiger partial charge < -0.3 is 24.3 Å². The second-order valence-corrected chi connectivity index (χ2v) is 7.80. The monoisotopic (exact) mass is 460 g/mol. The Morgan fingerprint density at radius 2 is 1.70 bits per heavy atom. The zero-order valence-electron chi connectivity index (χ0n) is 17.3. The lowest BCUT2D eigenvalue weighted by molar-refractivity contribution is -0.144. The number of benzene rings is 2. The minimum absolute atomic E-state index is 0.110. The lowest BCUT2D eigenvalue weighted by Crippen LogP contribution is -2.55. The zero-order valence-corrected chi connectivity index (χ0v) is 17.3. The van der Waals surface area contributed by atoms with E-state index in [0.717, 1.165) is 0 Å². The third-order valence-electron chi connectivity index (χ3n) is 5.66. The normalized spacial score (nSPS) is 18.5. The molecule has 0 saturated carbocycles. The molecule has 1 aromatic heterocycles. The van der Waals surface area contributed by atoms with Crippen LogP contribution in [0.3, 0.4) is 0 Å². The van der Waals surface area contributed by atoms with Crippen LogP contribution in [-0.2, 0) is 11.0 Å². The molecule has 3 heterocycles. The molecule has 2 aliphatic rings. The van der Waals surface area contributed by atoms with Gasteiger partial charge in [0, 0.05) is 31.7 Å². The summed E-state index contributed by atoms with van der Waals surface area (Å²) < 4.78 is 50.0. The molecule has 1 fully saturated rings. The van der Waals surface area contributed by atoms with Crippen molar-refractivity contribution in [3.05, 3.63) is 53.9 Å². The van der Waals surface area contributed by atoms with E-state index in [9.17, 15) is 22.8 Å². The van der Waals surface area contributed by atoms with Gasteiger partial charge in [0.2, 0.25) is 11.9 Å². The summed E-state index contributed by atoms with van der Waals surface area (Å²) in [6, 6.07) is 11.3. The Kier molecular flexibility index (Phi) is 5.10. The number of nitrogens with one attached hydrogen (secondary N) is 1. The number of halogens is 3. The second-order valence-electron chi connectivity index (χ2n) is 7.80. The third-order valence-corrected chi connectivity index (χ3v) is 5.66. The minimum atomic E-state index is -4.60. The SMILES string of the molecule is O=C(c1ccc2nc(C(F)(F)F)[nH]c2c1)N1CCN(C(=O)[C@@H]2COc3ccccc3O2)CC1. The quantitative estimate of drug-likeness (QED) is 0.636. The number of nitrogens with zero attached hydrogens (tertiary/aromatic N) is 3. The number of carbonyl (C=O) groups is 2. The first-order chi connectivity index (χ1) is 15.8. The maximum atomic E-state index is 12.9. The number of alkyl halides is 3. The van der Waals surface area contributed by atoms with Gasteiger partial charge in [-0.05, 0) is 30.3 Å².